The minimum absolute atomic E-state index is 0.192. The molecule has 1 fully saturated rings. The second-order valence-electron chi connectivity index (χ2n) is 6.92. The summed E-state index contributed by atoms with van der Waals surface area (Å²) in [5, 5.41) is 0. The molecule has 1 aromatic carbocycles. The van der Waals surface area contributed by atoms with E-state index in [0.29, 0.717) is 0 Å². The highest BCUT2D eigenvalue weighted by molar-refractivity contribution is 6.04. The molecule has 0 radical (unpaired) electrons. The molecule has 26 heavy (non-hydrogen) atoms. The van der Waals surface area contributed by atoms with Gasteiger partial charge in [-0.1, -0.05) is 37.3 Å². The van der Waals surface area contributed by atoms with Gasteiger partial charge >= 0.3 is 6.03 Å². The molecule has 0 bridgehead atoms. The van der Waals surface area contributed by atoms with Gasteiger partial charge in [-0.2, -0.15) is 0 Å². The van der Waals surface area contributed by atoms with Crippen molar-refractivity contribution >= 4 is 17.9 Å². The molecule has 2 atom stereocenters. The van der Waals surface area contributed by atoms with Gasteiger partial charge in [0.15, 0.2) is 12.2 Å². The van der Waals surface area contributed by atoms with Crippen LogP contribution in [0.3, 0.4) is 0 Å². The highest BCUT2D eigenvalue weighted by Gasteiger charge is 2.54. The molecule has 0 spiro atoms. The van der Waals surface area contributed by atoms with E-state index in [1.54, 1.807) is 11.9 Å². The molecule has 2 unspecified atom stereocenters. The number of likely N-dealkylation sites (N-methyl/N-ethyl adjacent to an activating group) is 1. The number of amides is 3. The molecule has 136 valence electrons. The fraction of sp³-hybridized carbons (Fsp3) is 0.421. The van der Waals surface area contributed by atoms with E-state index in [2.05, 4.69) is 11.8 Å². The molecule has 0 saturated carbocycles. The van der Waals surface area contributed by atoms with Crippen molar-refractivity contribution in [2.45, 2.75) is 39.0 Å². The molecule has 3 aliphatic heterocycles. The van der Waals surface area contributed by atoms with E-state index in [1.807, 2.05) is 48.4 Å². The van der Waals surface area contributed by atoms with Crippen LogP contribution in [0, 0.1) is 0 Å². The minimum Gasteiger partial charge on any atom is -0.315 e. The zero-order valence-corrected chi connectivity index (χ0v) is 15.3. The Kier molecular flexibility index (Phi) is 3.94. The molecule has 0 N–H and O–H groups in total. The van der Waals surface area contributed by atoms with E-state index >= 15 is 0 Å². The van der Waals surface area contributed by atoms with Crippen LogP contribution in [0.4, 0.5) is 4.79 Å². The first-order valence-electron chi connectivity index (χ1n) is 8.97. The lowest BCUT2D eigenvalue weighted by molar-refractivity contribution is -0.137. The quantitative estimate of drug-likeness (QED) is 0.831. The van der Waals surface area contributed by atoms with Gasteiger partial charge in [0.2, 0.25) is 5.96 Å². The SMILES string of the molecule is CCCN1C(C)=CN2C1=NC1C2C(=O)N(Cc2ccccc2)C(=O)N1C. The Balaban J connectivity index is 1.64. The molecular weight excluding hydrogens is 330 g/mol. The van der Waals surface area contributed by atoms with Crippen LogP contribution in [0.25, 0.3) is 0 Å². The van der Waals surface area contributed by atoms with E-state index < -0.39 is 12.2 Å². The third kappa shape index (κ3) is 2.38. The maximum absolute atomic E-state index is 13.2. The molecule has 3 heterocycles. The van der Waals surface area contributed by atoms with E-state index in [9.17, 15) is 9.59 Å². The van der Waals surface area contributed by atoms with Crippen molar-refractivity contribution in [3.8, 4) is 0 Å². The Morgan fingerprint density at radius 3 is 2.54 bits per heavy atom. The molecule has 7 nitrogen and oxygen atoms in total. The van der Waals surface area contributed by atoms with Gasteiger partial charge in [-0.3, -0.25) is 9.69 Å². The largest absolute Gasteiger partial charge is 0.328 e. The van der Waals surface area contributed by atoms with Crippen LogP contribution >= 0.6 is 0 Å². The van der Waals surface area contributed by atoms with Crippen molar-refractivity contribution < 1.29 is 9.59 Å². The van der Waals surface area contributed by atoms with Crippen molar-refractivity contribution in [2.24, 2.45) is 4.99 Å². The zero-order chi connectivity index (χ0) is 18.4. The number of guanidine groups is 1. The summed E-state index contributed by atoms with van der Waals surface area (Å²) in [6, 6.07) is 8.79. The number of carbonyl (C=O) groups excluding carboxylic acids is 2. The van der Waals surface area contributed by atoms with Crippen molar-refractivity contribution in [1.82, 2.24) is 19.6 Å². The average molecular weight is 353 g/mol. The Bertz CT molecular complexity index is 803. The van der Waals surface area contributed by atoms with Crippen molar-refractivity contribution in [2.75, 3.05) is 13.6 Å². The predicted molar refractivity (Wildman–Crippen MR) is 97.8 cm³/mol. The summed E-state index contributed by atoms with van der Waals surface area (Å²) in [7, 11) is 1.72. The summed E-state index contributed by atoms with van der Waals surface area (Å²) in [5.41, 5.74) is 2.01. The smallest absolute Gasteiger partial charge is 0.315 e. The molecule has 4 rings (SSSR count). The first-order valence-corrected chi connectivity index (χ1v) is 8.97. The third-order valence-corrected chi connectivity index (χ3v) is 5.13. The number of hydrogen-bond acceptors (Lipinski definition) is 5. The van der Waals surface area contributed by atoms with E-state index in [1.165, 1.54) is 4.90 Å². The number of fused-ring (bicyclic) bond motifs is 3. The summed E-state index contributed by atoms with van der Waals surface area (Å²) < 4.78 is 0. The predicted octanol–water partition coefficient (Wildman–Crippen LogP) is 2.03. The van der Waals surface area contributed by atoms with Gasteiger partial charge in [0.25, 0.3) is 5.91 Å². The Morgan fingerprint density at radius 1 is 1.12 bits per heavy atom. The van der Waals surface area contributed by atoms with Crippen molar-refractivity contribution in [3.63, 3.8) is 0 Å². The number of urea groups is 1. The number of hydrogen-bond donors (Lipinski definition) is 0. The fourth-order valence-electron chi connectivity index (χ4n) is 3.81. The molecular formula is C19H23N5O2. The second-order valence-corrected chi connectivity index (χ2v) is 6.92. The number of nitrogens with zero attached hydrogens (tertiary/aromatic N) is 5. The lowest BCUT2D eigenvalue weighted by Crippen LogP contribution is -2.63. The number of benzene rings is 1. The topological polar surface area (TPSA) is 59.5 Å². The average Bonchev–Trinajstić information content (AvgIpc) is 3.14. The standard InChI is InChI=1S/C19H23N5O2/c1-4-10-22-13(2)11-23-15-16(20-18(22)23)21(3)19(26)24(17(15)25)12-14-8-6-5-7-9-14/h5-9,11,15-16H,4,10,12H2,1-3H3. The minimum atomic E-state index is -0.492. The van der Waals surface area contributed by atoms with E-state index in [4.69, 9.17) is 4.99 Å². The molecule has 0 aromatic heterocycles. The Labute approximate surface area is 153 Å². The van der Waals surface area contributed by atoms with Crippen LogP contribution in [0.1, 0.15) is 25.8 Å². The summed E-state index contributed by atoms with van der Waals surface area (Å²) in [5.74, 6) is 0.581. The van der Waals surface area contributed by atoms with Crippen LogP contribution in [0.2, 0.25) is 0 Å². The molecule has 1 saturated heterocycles. The zero-order valence-electron chi connectivity index (χ0n) is 15.3. The van der Waals surface area contributed by atoms with Crippen LogP contribution < -0.4 is 0 Å². The van der Waals surface area contributed by atoms with Gasteiger partial charge in [-0.05, 0) is 18.9 Å². The molecule has 7 heteroatoms. The molecule has 3 amide bonds. The lowest BCUT2D eigenvalue weighted by atomic mass is 10.1. The van der Waals surface area contributed by atoms with Crippen LogP contribution in [-0.4, -0.2) is 63.3 Å². The molecule has 1 aromatic rings. The van der Waals surface area contributed by atoms with E-state index in [-0.39, 0.29) is 18.5 Å². The van der Waals surface area contributed by atoms with Gasteiger partial charge in [0.1, 0.15) is 0 Å². The van der Waals surface area contributed by atoms with Crippen molar-refractivity contribution in [1.29, 1.82) is 0 Å². The number of imide groups is 1. The number of rotatable bonds is 4. The maximum Gasteiger partial charge on any atom is 0.328 e. The molecule has 3 aliphatic rings. The first kappa shape index (κ1) is 16.6. The summed E-state index contributed by atoms with van der Waals surface area (Å²) in [4.78, 5) is 37.7. The fourth-order valence-corrected chi connectivity index (χ4v) is 3.81. The van der Waals surface area contributed by atoms with Gasteiger partial charge in [-0.15, -0.1) is 0 Å². The van der Waals surface area contributed by atoms with Gasteiger partial charge in [0.05, 0.1) is 6.54 Å². The maximum atomic E-state index is 13.2. The summed E-state index contributed by atoms with van der Waals surface area (Å²) in [6.07, 6.45) is 2.48. The normalized spacial score (nSPS) is 24.7. The van der Waals surface area contributed by atoms with Gasteiger partial charge in [-0.25, -0.2) is 9.79 Å². The van der Waals surface area contributed by atoms with Crippen molar-refractivity contribution in [3.05, 3.63) is 47.8 Å². The summed E-state index contributed by atoms with van der Waals surface area (Å²) >= 11 is 0. The summed E-state index contributed by atoms with van der Waals surface area (Å²) in [6.45, 7) is 5.25. The second kappa shape index (κ2) is 6.16. The third-order valence-electron chi connectivity index (χ3n) is 5.13. The number of aliphatic imine (C=N–C) groups is 1. The lowest BCUT2D eigenvalue weighted by Gasteiger charge is -2.40. The van der Waals surface area contributed by atoms with E-state index in [0.717, 1.165) is 30.2 Å². The Hall–Kier alpha value is -2.83. The highest BCUT2D eigenvalue weighted by atomic mass is 16.2. The first-order chi connectivity index (χ1) is 12.5. The van der Waals surface area contributed by atoms with Crippen LogP contribution in [0.5, 0.6) is 0 Å². The van der Waals surface area contributed by atoms with Crippen LogP contribution in [-0.2, 0) is 11.3 Å². The van der Waals surface area contributed by atoms with Gasteiger partial charge in [0, 0.05) is 25.5 Å². The Morgan fingerprint density at radius 2 is 1.85 bits per heavy atom. The number of carbonyl (C=O) groups is 2. The van der Waals surface area contributed by atoms with Crippen LogP contribution in [0.15, 0.2) is 47.2 Å². The molecule has 0 aliphatic carbocycles. The highest BCUT2D eigenvalue weighted by Crippen LogP contribution is 2.34. The number of allylic oxidation sites excluding steroid dienone is 1. The monoisotopic (exact) mass is 353 g/mol. The van der Waals surface area contributed by atoms with Gasteiger partial charge < -0.3 is 14.7 Å².